The number of aryl methyl sites for hydroxylation is 1. The Morgan fingerprint density at radius 1 is 0.561 bits per heavy atom. The highest BCUT2D eigenvalue weighted by Gasteiger charge is 2.15. The Balaban J connectivity index is 1.42. The van der Waals surface area contributed by atoms with E-state index in [1.807, 2.05) is 0 Å². The van der Waals surface area contributed by atoms with Crippen molar-refractivity contribution in [1.29, 1.82) is 0 Å². The van der Waals surface area contributed by atoms with Gasteiger partial charge in [0.1, 0.15) is 6.54 Å². The molecule has 0 aliphatic heterocycles. The molecular weight excluding hydrogens is 500 g/mol. The molecule has 0 amide bonds. The predicted molar refractivity (Wildman–Crippen MR) is 170 cm³/mol. The van der Waals surface area contributed by atoms with Crippen LogP contribution in [0.15, 0.2) is 145 Å². The zero-order valence-corrected chi connectivity index (χ0v) is 23.1. The summed E-state index contributed by atoms with van der Waals surface area (Å²) < 4.78 is 2.16. The lowest BCUT2D eigenvalue weighted by atomic mass is 9.85. The second-order valence-electron chi connectivity index (χ2n) is 9.83. The van der Waals surface area contributed by atoms with E-state index in [0.717, 1.165) is 30.5 Å². The van der Waals surface area contributed by atoms with Crippen LogP contribution in [0.3, 0.4) is 0 Å². The molecule has 0 aliphatic carbocycles. The van der Waals surface area contributed by atoms with Crippen molar-refractivity contribution in [2.75, 3.05) is 6.54 Å². The molecule has 4 heteroatoms. The molecule has 1 aromatic heterocycles. The standard InChI is InChI=1S/C37H33N4/c38-40-39-26-10-11-27-41-28-24-31(25-29-41)19-18-30-20-22-35(23-21-30)37(34-16-8-3-9-17-34)36(32-12-4-1-5-13-32)33-14-6-2-7-15-33/h1-9,12-25,28-29H,10-11,26-27H2/q+1/b19-18+. The summed E-state index contributed by atoms with van der Waals surface area (Å²) in [5.74, 6) is 0. The van der Waals surface area contributed by atoms with Crippen LogP contribution >= 0.6 is 0 Å². The van der Waals surface area contributed by atoms with Gasteiger partial charge in [0.25, 0.3) is 0 Å². The number of hydrogen-bond acceptors (Lipinski definition) is 1. The molecule has 5 aromatic rings. The zero-order chi connectivity index (χ0) is 28.1. The van der Waals surface area contributed by atoms with E-state index in [0.29, 0.717) is 6.54 Å². The molecule has 0 atom stereocenters. The highest BCUT2D eigenvalue weighted by Crippen LogP contribution is 2.36. The van der Waals surface area contributed by atoms with E-state index in [1.165, 1.54) is 33.4 Å². The van der Waals surface area contributed by atoms with Gasteiger partial charge in [0.05, 0.1) is 0 Å². The molecule has 200 valence electrons. The largest absolute Gasteiger partial charge is 0.205 e. The van der Waals surface area contributed by atoms with Crippen molar-refractivity contribution in [3.05, 3.63) is 184 Å². The summed E-state index contributed by atoms with van der Waals surface area (Å²) >= 11 is 0. The molecule has 4 aromatic carbocycles. The van der Waals surface area contributed by atoms with Gasteiger partial charge >= 0.3 is 0 Å². The number of aromatic nitrogens is 1. The van der Waals surface area contributed by atoms with Crippen LogP contribution in [0.25, 0.3) is 33.7 Å². The monoisotopic (exact) mass is 533 g/mol. The fourth-order valence-electron chi connectivity index (χ4n) is 4.93. The number of hydrogen-bond donors (Lipinski definition) is 0. The molecule has 0 radical (unpaired) electrons. The van der Waals surface area contributed by atoms with E-state index in [4.69, 9.17) is 5.53 Å². The van der Waals surface area contributed by atoms with Gasteiger partial charge in [-0.2, -0.15) is 0 Å². The quantitative estimate of drug-likeness (QED) is 0.0406. The first-order chi connectivity index (χ1) is 20.3. The molecule has 0 N–H and O–H groups in total. The van der Waals surface area contributed by atoms with Crippen LogP contribution < -0.4 is 4.57 Å². The molecule has 0 bridgehead atoms. The number of benzene rings is 4. The van der Waals surface area contributed by atoms with Gasteiger partial charge in [0.15, 0.2) is 12.4 Å². The van der Waals surface area contributed by atoms with Gasteiger partial charge in [0.2, 0.25) is 0 Å². The normalized spacial score (nSPS) is 10.7. The number of pyridine rings is 1. The van der Waals surface area contributed by atoms with E-state index < -0.39 is 0 Å². The van der Waals surface area contributed by atoms with Crippen LogP contribution in [-0.2, 0) is 6.54 Å². The van der Waals surface area contributed by atoms with Gasteiger partial charge in [-0.3, -0.25) is 0 Å². The fraction of sp³-hybridized carbons (Fsp3) is 0.108. The average Bonchev–Trinajstić information content (AvgIpc) is 3.04. The number of nitrogens with zero attached hydrogens (tertiary/aromatic N) is 4. The number of azide groups is 1. The van der Waals surface area contributed by atoms with Crippen LogP contribution in [0.4, 0.5) is 0 Å². The molecule has 5 rings (SSSR count). The Morgan fingerprint density at radius 2 is 1.00 bits per heavy atom. The number of rotatable bonds is 11. The summed E-state index contributed by atoms with van der Waals surface area (Å²) in [7, 11) is 0. The molecular formula is C37H33N4+. The zero-order valence-electron chi connectivity index (χ0n) is 23.1. The third-order valence-electron chi connectivity index (χ3n) is 7.01. The van der Waals surface area contributed by atoms with E-state index in [1.54, 1.807) is 0 Å². The lowest BCUT2D eigenvalue weighted by Gasteiger charge is -2.18. The molecule has 0 spiro atoms. The summed E-state index contributed by atoms with van der Waals surface area (Å²) in [6.45, 7) is 1.47. The van der Waals surface area contributed by atoms with Crippen LogP contribution in [0, 0.1) is 0 Å². The van der Waals surface area contributed by atoms with E-state index in [-0.39, 0.29) is 0 Å². The fourth-order valence-corrected chi connectivity index (χ4v) is 4.93. The van der Waals surface area contributed by atoms with Gasteiger partial charge in [-0.25, -0.2) is 4.57 Å². The minimum Gasteiger partial charge on any atom is -0.205 e. The van der Waals surface area contributed by atoms with Crippen molar-refractivity contribution in [2.24, 2.45) is 5.11 Å². The van der Waals surface area contributed by atoms with Crippen LogP contribution in [0.2, 0.25) is 0 Å². The first-order valence-corrected chi connectivity index (χ1v) is 14.0. The van der Waals surface area contributed by atoms with Crippen LogP contribution in [0.1, 0.15) is 46.2 Å². The third-order valence-corrected chi connectivity index (χ3v) is 7.01. The van der Waals surface area contributed by atoms with Crippen LogP contribution in [-0.4, -0.2) is 6.54 Å². The molecule has 0 saturated carbocycles. The lowest BCUT2D eigenvalue weighted by molar-refractivity contribution is -0.697. The molecule has 0 aliphatic rings. The molecule has 0 saturated heterocycles. The van der Waals surface area contributed by atoms with Crippen LogP contribution in [0.5, 0.6) is 0 Å². The second-order valence-corrected chi connectivity index (χ2v) is 9.83. The Kier molecular flexibility index (Phi) is 9.54. The SMILES string of the molecule is [N-]=[N+]=NCCCC[n+]1ccc(/C=C/c2ccc(C(=C(c3ccccc3)c3ccccc3)c3ccccc3)cc2)cc1. The average molecular weight is 534 g/mol. The van der Waals surface area contributed by atoms with Gasteiger partial charge in [0, 0.05) is 30.0 Å². The minimum absolute atomic E-state index is 0.555. The van der Waals surface area contributed by atoms with Gasteiger partial charge < -0.3 is 0 Å². The van der Waals surface area contributed by atoms with Crippen molar-refractivity contribution >= 4 is 23.3 Å². The highest BCUT2D eigenvalue weighted by atomic mass is 15.1. The van der Waals surface area contributed by atoms with Crippen molar-refractivity contribution in [1.82, 2.24) is 0 Å². The van der Waals surface area contributed by atoms with Crippen molar-refractivity contribution in [3.63, 3.8) is 0 Å². The Morgan fingerprint density at radius 3 is 1.46 bits per heavy atom. The van der Waals surface area contributed by atoms with Gasteiger partial charge in [-0.05, 0) is 56.5 Å². The van der Waals surface area contributed by atoms with Crippen molar-refractivity contribution < 1.29 is 4.57 Å². The summed E-state index contributed by atoms with van der Waals surface area (Å²) in [6, 6.07) is 45.0. The summed E-state index contributed by atoms with van der Waals surface area (Å²) in [5.41, 5.74) is 17.9. The van der Waals surface area contributed by atoms with Crippen molar-refractivity contribution in [3.8, 4) is 0 Å². The van der Waals surface area contributed by atoms with E-state index in [2.05, 4.69) is 167 Å². The highest BCUT2D eigenvalue weighted by molar-refractivity contribution is 6.04. The van der Waals surface area contributed by atoms with Crippen molar-refractivity contribution in [2.45, 2.75) is 19.4 Å². The maximum absolute atomic E-state index is 8.38. The third kappa shape index (κ3) is 7.48. The summed E-state index contributed by atoms with van der Waals surface area (Å²) in [5, 5.41) is 3.60. The topological polar surface area (TPSA) is 52.6 Å². The molecule has 1 heterocycles. The van der Waals surface area contributed by atoms with E-state index >= 15 is 0 Å². The second kappa shape index (κ2) is 14.3. The summed E-state index contributed by atoms with van der Waals surface area (Å²) in [6.07, 6.45) is 10.4. The van der Waals surface area contributed by atoms with E-state index in [9.17, 15) is 0 Å². The first-order valence-electron chi connectivity index (χ1n) is 14.0. The molecule has 4 nitrogen and oxygen atoms in total. The Bertz CT molecular complexity index is 1590. The maximum Gasteiger partial charge on any atom is 0.169 e. The smallest absolute Gasteiger partial charge is 0.169 e. The predicted octanol–water partition coefficient (Wildman–Crippen LogP) is 9.24. The molecule has 41 heavy (non-hydrogen) atoms. The molecule has 0 fully saturated rings. The molecule has 0 unspecified atom stereocenters. The lowest BCUT2D eigenvalue weighted by Crippen LogP contribution is -2.32. The van der Waals surface area contributed by atoms with Gasteiger partial charge in [-0.1, -0.05) is 133 Å². The Labute approximate surface area is 242 Å². The maximum atomic E-state index is 8.38. The number of unbranched alkanes of at least 4 members (excludes halogenated alkanes) is 1. The Hall–Kier alpha value is -5.18. The minimum atomic E-state index is 0.555. The van der Waals surface area contributed by atoms with Gasteiger partial charge in [-0.15, -0.1) is 0 Å². The summed E-state index contributed by atoms with van der Waals surface area (Å²) in [4.78, 5) is 2.81. The first kappa shape index (κ1) is 27.4.